The Hall–Kier alpha value is -1.43. The van der Waals surface area contributed by atoms with Gasteiger partial charge in [0.2, 0.25) is 0 Å². The quantitative estimate of drug-likeness (QED) is 0.871. The normalized spacial score (nSPS) is 11.2. The van der Waals surface area contributed by atoms with Crippen LogP contribution in [0.15, 0.2) is 22.7 Å². The van der Waals surface area contributed by atoms with Crippen LogP contribution in [0.2, 0.25) is 0 Å². The predicted octanol–water partition coefficient (Wildman–Crippen LogP) is 2.82. The SMILES string of the molecule is CC(C)(CCNC(=O)c1cc(F)ccc1Br)C(=O)O. The molecule has 1 amide bonds. The van der Waals surface area contributed by atoms with Gasteiger partial charge in [-0.1, -0.05) is 0 Å². The molecule has 4 nitrogen and oxygen atoms in total. The van der Waals surface area contributed by atoms with E-state index in [9.17, 15) is 14.0 Å². The Morgan fingerprint density at radius 1 is 1.42 bits per heavy atom. The van der Waals surface area contributed by atoms with E-state index in [0.29, 0.717) is 10.9 Å². The smallest absolute Gasteiger partial charge is 0.309 e. The van der Waals surface area contributed by atoms with Crippen LogP contribution in [0.25, 0.3) is 0 Å². The molecule has 0 radical (unpaired) electrons. The Labute approximate surface area is 119 Å². The molecular formula is C13H15BrFNO3. The number of nitrogens with one attached hydrogen (secondary N) is 1. The molecule has 1 aromatic rings. The molecule has 0 atom stereocenters. The van der Waals surface area contributed by atoms with E-state index >= 15 is 0 Å². The van der Waals surface area contributed by atoms with E-state index in [-0.39, 0.29) is 12.1 Å². The van der Waals surface area contributed by atoms with Gasteiger partial charge in [0.15, 0.2) is 0 Å². The van der Waals surface area contributed by atoms with Crippen LogP contribution in [0.4, 0.5) is 4.39 Å². The number of carboxylic acid groups (broad SMARTS) is 1. The van der Waals surface area contributed by atoms with E-state index in [2.05, 4.69) is 21.2 Å². The molecule has 0 aliphatic carbocycles. The third-order valence-corrected chi connectivity index (χ3v) is 3.48. The van der Waals surface area contributed by atoms with Crippen molar-refractivity contribution in [1.82, 2.24) is 5.32 Å². The van der Waals surface area contributed by atoms with E-state index < -0.39 is 23.1 Å². The van der Waals surface area contributed by atoms with Gasteiger partial charge in [-0.15, -0.1) is 0 Å². The molecule has 0 saturated carbocycles. The van der Waals surface area contributed by atoms with Crippen molar-refractivity contribution in [1.29, 1.82) is 0 Å². The zero-order valence-electron chi connectivity index (χ0n) is 10.7. The lowest BCUT2D eigenvalue weighted by Gasteiger charge is -2.19. The molecule has 6 heteroatoms. The second-order valence-electron chi connectivity index (χ2n) is 4.82. The average molecular weight is 332 g/mol. The summed E-state index contributed by atoms with van der Waals surface area (Å²) in [5, 5.41) is 11.5. The number of benzene rings is 1. The van der Waals surface area contributed by atoms with Crippen molar-refractivity contribution in [2.45, 2.75) is 20.3 Å². The zero-order chi connectivity index (χ0) is 14.6. The van der Waals surface area contributed by atoms with Gasteiger partial charge in [-0.05, 0) is 54.4 Å². The second kappa shape index (κ2) is 6.14. The summed E-state index contributed by atoms with van der Waals surface area (Å²) < 4.78 is 13.5. The fraction of sp³-hybridized carbons (Fsp3) is 0.385. The summed E-state index contributed by atoms with van der Waals surface area (Å²) in [6, 6.07) is 3.82. The Morgan fingerprint density at radius 2 is 2.05 bits per heavy atom. The van der Waals surface area contributed by atoms with Crippen molar-refractivity contribution in [3.05, 3.63) is 34.1 Å². The van der Waals surface area contributed by atoms with Gasteiger partial charge < -0.3 is 10.4 Å². The van der Waals surface area contributed by atoms with Crippen LogP contribution in [0.1, 0.15) is 30.6 Å². The summed E-state index contributed by atoms with van der Waals surface area (Å²) in [5.74, 6) is -1.86. The molecule has 0 aliphatic rings. The lowest BCUT2D eigenvalue weighted by molar-refractivity contribution is -0.147. The molecular weight excluding hydrogens is 317 g/mol. The van der Waals surface area contributed by atoms with Gasteiger partial charge in [0, 0.05) is 11.0 Å². The minimum absolute atomic E-state index is 0.188. The number of hydrogen-bond donors (Lipinski definition) is 2. The Kier molecular flexibility index (Phi) is 5.05. The van der Waals surface area contributed by atoms with Crippen LogP contribution in [0, 0.1) is 11.2 Å². The third kappa shape index (κ3) is 4.31. The topological polar surface area (TPSA) is 66.4 Å². The molecule has 0 fully saturated rings. The van der Waals surface area contributed by atoms with E-state index in [1.165, 1.54) is 12.1 Å². The lowest BCUT2D eigenvalue weighted by Crippen LogP contribution is -2.32. The monoisotopic (exact) mass is 331 g/mol. The standard InChI is InChI=1S/C13H15BrFNO3/c1-13(2,12(18)19)5-6-16-11(17)9-7-8(15)3-4-10(9)14/h3-4,7H,5-6H2,1-2H3,(H,16,17)(H,18,19). The van der Waals surface area contributed by atoms with Crippen LogP contribution >= 0.6 is 15.9 Å². The minimum Gasteiger partial charge on any atom is -0.481 e. The fourth-order valence-electron chi connectivity index (χ4n) is 1.36. The lowest BCUT2D eigenvalue weighted by atomic mass is 9.90. The molecule has 0 saturated heterocycles. The van der Waals surface area contributed by atoms with Gasteiger partial charge in [-0.25, -0.2) is 4.39 Å². The molecule has 1 rings (SSSR count). The van der Waals surface area contributed by atoms with Gasteiger partial charge >= 0.3 is 5.97 Å². The summed E-state index contributed by atoms with van der Waals surface area (Å²) in [7, 11) is 0. The highest BCUT2D eigenvalue weighted by Crippen LogP contribution is 2.20. The summed E-state index contributed by atoms with van der Waals surface area (Å²) in [4.78, 5) is 22.7. The molecule has 2 N–H and O–H groups in total. The number of amides is 1. The van der Waals surface area contributed by atoms with Crippen LogP contribution in [-0.4, -0.2) is 23.5 Å². The van der Waals surface area contributed by atoms with Gasteiger partial charge in [0.1, 0.15) is 5.82 Å². The Balaban J connectivity index is 2.62. The first kappa shape index (κ1) is 15.6. The molecule has 0 unspecified atom stereocenters. The minimum atomic E-state index is -0.923. The van der Waals surface area contributed by atoms with E-state index in [1.54, 1.807) is 13.8 Å². The number of hydrogen-bond acceptors (Lipinski definition) is 2. The molecule has 0 bridgehead atoms. The maximum absolute atomic E-state index is 13.0. The summed E-state index contributed by atoms with van der Waals surface area (Å²) in [6.45, 7) is 3.38. The van der Waals surface area contributed by atoms with Gasteiger partial charge in [-0.3, -0.25) is 9.59 Å². The number of halogens is 2. The highest BCUT2D eigenvalue weighted by atomic mass is 79.9. The highest BCUT2D eigenvalue weighted by Gasteiger charge is 2.26. The zero-order valence-corrected chi connectivity index (χ0v) is 12.3. The van der Waals surface area contributed by atoms with Gasteiger partial charge in [-0.2, -0.15) is 0 Å². The fourth-order valence-corrected chi connectivity index (χ4v) is 1.79. The molecule has 0 aromatic heterocycles. The first-order valence-electron chi connectivity index (χ1n) is 5.70. The van der Waals surface area contributed by atoms with Gasteiger partial charge in [0.05, 0.1) is 11.0 Å². The van der Waals surface area contributed by atoms with Crippen molar-refractivity contribution < 1.29 is 19.1 Å². The summed E-state index contributed by atoms with van der Waals surface area (Å²) >= 11 is 3.16. The highest BCUT2D eigenvalue weighted by molar-refractivity contribution is 9.10. The molecule has 104 valence electrons. The van der Waals surface area contributed by atoms with E-state index in [4.69, 9.17) is 5.11 Å². The molecule has 0 heterocycles. The Morgan fingerprint density at radius 3 is 2.63 bits per heavy atom. The summed E-state index contributed by atoms with van der Waals surface area (Å²) in [5.41, 5.74) is -0.722. The number of aliphatic carboxylic acids is 1. The maximum atomic E-state index is 13.0. The number of carboxylic acids is 1. The van der Waals surface area contributed by atoms with Crippen molar-refractivity contribution >= 4 is 27.8 Å². The maximum Gasteiger partial charge on any atom is 0.309 e. The Bertz CT molecular complexity index is 503. The second-order valence-corrected chi connectivity index (χ2v) is 5.67. The largest absolute Gasteiger partial charge is 0.481 e. The number of carbonyl (C=O) groups is 2. The van der Waals surface area contributed by atoms with E-state index in [0.717, 1.165) is 6.07 Å². The third-order valence-electron chi connectivity index (χ3n) is 2.79. The van der Waals surface area contributed by atoms with Crippen molar-refractivity contribution in [3.63, 3.8) is 0 Å². The first-order valence-corrected chi connectivity index (χ1v) is 6.50. The van der Waals surface area contributed by atoms with Crippen LogP contribution in [-0.2, 0) is 4.79 Å². The van der Waals surface area contributed by atoms with Gasteiger partial charge in [0.25, 0.3) is 5.91 Å². The average Bonchev–Trinajstić information content (AvgIpc) is 2.31. The van der Waals surface area contributed by atoms with Crippen LogP contribution < -0.4 is 5.32 Å². The van der Waals surface area contributed by atoms with E-state index in [1.807, 2.05) is 0 Å². The number of carbonyl (C=O) groups excluding carboxylic acids is 1. The molecule has 0 spiro atoms. The molecule has 19 heavy (non-hydrogen) atoms. The van der Waals surface area contributed by atoms with Crippen molar-refractivity contribution in [2.24, 2.45) is 5.41 Å². The molecule has 0 aliphatic heterocycles. The van der Waals surface area contributed by atoms with Crippen molar-refractivity contribution in [3.8, 4) is 0 Å². The number of rotatable bonds is 5. The predicted molar refractivity (Wildman–Crippen MR) is 72.5 cm³/mol. The van der Waals surface area contributed by atoms with Crippen molar-refractivity contribution in [2.75, 3.05) is 6.54 Å². The van der Waals surface area contributed by atoms with Crippen LogP contribution in [0.3, 0.4) is 0 Å². The first-order chi connectivity index (χ1) is 8.74. The summed E-state index contributed by atoms with van der Waals surface area (Å²) in [6.07, 6.45) is 0.293. The molecule has 1 aromatic carbocycles. The van der Waals surface area contributed by atoms with Crippen LogP contribution in [0.5, 0.6) is 0 Å².